The predicted molar refractivity (Wildman–Crippen MR) is 105 cm³/mol. The number of anilines is 1. The van der Waals surface area contributed by atoms with Crippen LogP contribution in [0, 0.1) is 0 Å². The van der Waals surface area contributed by atoms with Crippen molar-refractivity contribution in [3.05, 3.63) is 53.1 Å². The first-order valence-electron chi connectivity index (χ1n) is 8.04. The van der Waals surface area contributed by atoms with Gasteiger partial charge < -0.3 is 14.8 Å². The molecule has 0 aliphatic rings. The van der Waals surface area contributed by atoms with Gasteiger partial charge in [0.25, 0.3) is 5.91 Å². The summed E-state index contributed by atoms with van der Waals surface area (Å²) in [5.41, 5.74) is 3.75. The van der Waals surface area contributed by atoms with Crippen molar-refractivity contribution in [2.24, 2.45) is 5.10 Å². The lowest BCUT2D eigenvalue weighted by atomic mass is 10.2. The molecule has 0 atom stereocenters. The standard InChI is InChI=1S/C19H20ClN3O4/c1-12(9-18(24)21-14-6-4-5-13(20)10-14)22-23-19(25)16-8-7-15(26-2)11-17(16)27-3/h4-8,10-11H,9H2,1-3H3,(H,21,24)(H,23,25)/b22-12+. The smallest absolute Gasteiger partial charge is 0.275 e. The van der Waals surface area contributed by atoms with Crippen LogP contribution < -0.4 is 20.2 Å². The van der Waals surface area contributed by atoms with Crippen LogP contribution >= 0.6 is 11.6 Å². The van der Waals surface area contributed by atoms with Crippen molar-refractivity contribution < 1.29 is 19.1 Å². The molecule has 2 aromatic carbocycles. The number of hydrogen-bond donors (Lipinski definition) is 2. The molecular formula is C19H20ClN3O4. The summed E-state index contributed by atoms with van der Waals surface area (Å²) < 4.78 is 10.3. The van der Waals surface area contributed by atoms with E-state index in [9.17, 15) is 9.59 Å². The van der Waals surface area contributed by atoms with E-state index in [0.717, 1.165) is 0 Å². The topological polar surface area (TPSA) is 89.0 Å². The number of hydrazone groups is 1. The highest BCUT2D eigenvalue weighted by Gasteiger charge is 2.13. The van der Waals surface area contributed by atoms with Crippen molar-refractivity contribution in [1.29, 1.82) is 0 Å². The number of benzene rings is 2. The predicted octanol–water partition coefficient (Wildman–Crippen LogP) is 3.49. The Morgan fingerprint density at radius 1 is 1.11 bits per heavy atom. The van der Waals surface area contributed by atoms with Crippen molar-refractivity contribution in [3.63, 3.8) is 0 Å². The molecule has 8 heteroatoms. The fourth-order valence-electron chi connectivity index (χ4n) is 2.24. The summed E-state index contributed by atoms with van der Waals surface area (Å²) in [7, 11) is 2.98. The highest BCUT2D eigenvalue weighted by atomic mass is 35.5. The van der Waals surface area contributed by atoms with Gasteiger partial charge in [-0.3, -0.25) is 9.59 Å². The summed E-state index contributed by atoms with van der Waals surface area (Å²) >= 11 is 5.88. The quantitative estimate of drug-likeness (QED) is 0.560. The zero-order chi connectivity index (χ0) is 19.8. The molecule has 0 heterocycles. The first-order chi connectivity index (χ1) is 12.9. The Bertz CT molecular complexity index is 868. The number of halogens is 1. The Labute approximate surface area is 162 Å². The minimum atomic E-state index is -0.455. The van der Waals surface area contributed by atoms with Gasteiger partial charge in [-0.15, -0.1) is 0 Å². The summed E-state index contributed by atoms with van der Waals surface area (Å²) in [4.78, 5) is 24.3. The second-order valence-corrected chi connectivity index (χ2v) is 6.03. The van der Waals surface area contributed by atoms with Crippen LogP contribution in [-0.2, 0) is 4.79 Å². The number of ether oxygens (including phenoxy) is 2. The Morgan fingerprint density at radius 2 is 1.89 bits per heavy atom. The summed E-state index contributed by atoms with van der Waals surface area (Å²) in [6.07, 6.45) is 0.0204. The molecule has 0 bridgehead atoms. The van der Waals surface area contributed by atoms with Crippen LogP contribution in [0.1, 0.15) is 23.7 Å². The van der Waals surface area contributed by atoms with Gasteiger partial charge in [0.15, 0.2) is 0 Å². The third-order valence-corrected chi connectivity index (χ3v) is 3.76. The fraction of sp³-hybridized carbons (Fsp3) is 0.211. The number of nitrogens with one attached hydrogen (secondary N) is 2. The Morgan fingerprint density at radius 3 is 2.56 bits per heavy atom. The van der Waals surface area contributed by atoms with Crippen molar-refractivity contribution in [1.82, 2.24) is 5.43 Å². The van der Waals surface area contributed by atoms with E-state index < -0.39 is 5.91 Å². The van der Waals surface area contributed by atoms with Crippen LogP contribution in [0.4, 0.5) is 5.69 Å². The van der Waals surface area contributed by atoms with Crippen molar-refractivity contribution in [3.8, 4) is 11.5 Å². The average molecular weight is 390 g/mol. The van der Waals surface area contributed by atoms with Gasteiger partial charge in [-0.2, -0.15) is 5.10 Å². The largest absolute Gasteiger partial charge is 0.497 e. The third kappa shape index (κ3) is 6.00. The first kappa shape index (κ1) is 20.3. The molecule has 0 spiro atoms. The zero-order valence-corrected chi connectivity index (χ0v) is 16.0. The van der Waals surface area contributed by atoms with Gasteiger partial charge in [0.05, 0.1) is 26.2 Å². The number of rotatable bonds is 7. The molecule has 2 aromatic rings. The van der Waals surface area contributed by atoms with Gasteiger partial charge >= 0.3 is 0 Å². The molecule has 0 unspecified atom stereocenters. The first-order valence-corrected chi connectivity index (χ1v) is 8.41. The minimum absolute atomic E-state index is 0.0204. The molecule has 2 amide bonds. The molecule has 27 heavy (non-hydrogen) atoms. The SMILES string of the molecule is COc1ccc(C(=O)N/N=C(\C)CC(=O)Nc2cccc(Cl)c2)c(OC)c1. The summed E-state index contributed by atoms with van der Waals surface area (Å²) in [6.45, 7) is 1.64. The normalized spacial score (nSPS) is 10.9. The number of methoxy groups -OCH3 is 2. The minimum Gasteiger partial charge on any atom is -0.497 e. The van der Waals surface area contributed by atoms with E-state index in [4.69, 9.17) is 21.1 Å². The molecular weight excluding hydrogens is 370 g/mol. The lowest BCUT2D eigenvalue weighted by Gasteiger charge is -2.09. The van der Waals surface area contributed by atoms with Gasteiger partial charge in [0.2, 0.25) is 5.91 Å². The van der Waals surface area contributed by atoms with Crippen molar-refractivity contribution in [2.75, 3.05) is 19.5 Å². The molecule has 2 rings (SSSR count). The van der Waals surface area contributed by atoms with Crippen LogP contribution in [0.25, 0.3) is 0 Å². The molecule has 7 nitrogen and oxygen atoms in total. The molecule has 0 fully saturated rings. The summed E-state index contributed by atoms with van der Waals surface area (Å²) in [6, 6.07) is 11.6. The molecule has 0 aliphatic heterocycles. The Hall–Kier alpha value is -3.06. The van der Waals surface area contributed by atoms with E-state index in [1.807, 2.05) is 0 Å². The van der Waals surface area contributed by atoms with Crippen molar-refractivity contribution in [2.45, 2.75) is 13.3 Å². The molecule has 142 valence electrons. The van der Waals surface area contributed by atoms with Crippen LogP contribution in [-0.4, -0.2) is 31.7 Å². The van der Waals surface area contributed by atoms with E-state index in [2.05, 4.69) is 15.8 Å². The maximum Gasteiger partial charge on any atom is 0.275 e. The molecule has 0 aliphatic carbocycles. The van der Waals surface area contributed by atoms with E-state index in [1.165, 1.54) is 14.2 Å². The molecule has 0 aromatic heterocycles. The number of amides is 2. The van der Waals surface area contributed by atoms with E-state index >= 15 is 0 Å². The second kappa shape index (κ2) is 9.59. The number of hydrogen-bond acceptors (Lipinski definition) is 5. The van der Waals surface area contributed by atoms with Gasteiger partial charge in [0, 0.05) is 22.5 Å². The zero-order valence-electron chi connectivity index (χ0n) is 15.2. The van der Waals surface area contributed by atoms with E-state index in [-0.39, 0.29) is 12.3 Å². The highest BCUT2D eigenvalue weighted by Crippen LogP contribution is 2.24. The summed E-state index contributed by atoms with van der Waals surface area (Å²) in [5.74, 6) is 0.207. The maximum absolute atomic E-state index is 12.3. The number of carbonyl (C=O) groups is 2. The van der Waals surface area contributed by atoms with Gasteiger partial charge in [-0.05, 0) is 37.3 Å². The van der Waals surface area contributed by atoms with Crippen LogP contribution in [0.15, 0.2) is 47.6 Å². The second-order valence-electron chi connectivity index (χ2n) is 5.59. The molecule has 0 saturated heterocycles. The lowest BCUT2D eigenvalue weighted by molar-refractivity contribution is -0.115. The number of carbonyl (C=O) groups excluding carboxylic acids is 2. The highest BCUT2D eigenvalue weighted by molar-refractivity contribution is 6.30. The lowest BCUT2D eigenvalue weighted by Crippen LogP contribution is -2.22. The number of nitrogens with zero attached hydrogens (tertiary/aromatic N) is 1. The summed E-state index contributed by atoms with van der Waals surface area (Å²) in [5, 5.41) is 7.20. The average Bonchev–Trinajstić information content (AvgIpc) is 2.65. The van der Waals surface area contributed by atoms with Gasteiger partial charge in [-0.1, -0.05) is 17.7 Å². The Balaban J connectivity index is 1.96. The maximum atomic E-state index is 12.3. The van der Waals surface area contributed by atoms with E-state index in [0.29, 0.717) is 33.5 Å². The van der Waals surface area contributed by atoms with E-state index in [1.54, 1.807) is 49.4 Å². The molecule has 0 saturated carbocycles. The Kier molecular flexibility index (Phi) is 7.19. The van der Waals surface area contributed by atoms with Gasteiger partial charge in [-0.25, -0.2) is 5.43 Å². The molecule has 0 radical (unpaired) electrons. The molecule has 2 N–H and O–H groups in total. The monoisotopic (exact) mass is 389 g/mol. The van der Waals surface area contributed by atoms with Crippen LogP contribution in [0.3, 0.4) is 0 Å². The van der Waals surface area contributed by atoms with Crippen molar-refractivity contribution >= 4 is 34.8 Å². The van der Waals surface area contributed by atoms with Gasteiger partial charge in [0.1, 0.15) is 11.5 Å². The third-order valence-electron chi connectivity index (χ3n) is 3.53. The van der Waals surface area contributed by atoms with Crippen LogP contribution in [0.2, 0.25) is 5.02 Å². The van der Waals surface area contributed by atoms with Crippen LogP contribution in [0.5, 0.6) is 11.5 Å². The fourth-order valence-corrected chi connectivity index (χ4v) is 2.43.